The molecule has 0 saturated heterocycles. The fourth-order valence-electron chi connectivity index (χ4n) is 1.15. The lowest BCUT2D eigenvalue weighted by Gasteiger charge is -2.23. The van der Waals surface area contributed by atoms with Crippen molar-refractivity contribution >= 4 is 9.84 Å². The van der Waals surface area contributed by atoms with Crippen molar-refractivity contribution in [1.29, 1.82) is 0 Å². The van der Waals surface area contributed by atoms with Crippen LogP contribution in [0.3, 0.4) is 0 Å². The van der Waals surface area contributed by atoms with Gasteiger partial charge in [0.15, 0.2) is 9.84 Å². The molecular formula is C9H16N2O3S. The van der Waals surface area contributed by atoms with E-state index in [9.17, 15) is 8.42 Å². The number of sulfone groups is 1. The third kappa shape index (κ3) is 2.57. The van der Waals surface area contributed by atoms with Crippen molar-refractivity contribution in [1.82, 2.24) is 9.55 Å². The van der Waals surface area contributed by atoms with Gasteiger partial charge in [-0.15, -0.1) is 0 Å². The highest BCUT2D eigenvalue weighted by molar-refractivity contribution is 7.92. The van der Waals surface area contributed by atoms with Gasteiger partial charge in [-0.2, -0.15) is 0 Å². The molecule has 0 atom stereocenters. The monoisotopic (exact) mass is 232 g/mol. The number of hydrogen-bond donors (Lipinski definition) is 1. The minimum atomic E-state index is -3.13. The minimum absolute atomic E-state index is 0.139. The highest BCUT2D eigenvalue weighted by Crippen LogP contribution is 2.18. The number of hydrogen-bond acceptors (Lipinski definition) is 4. The van der Waals surface area contributed by atoms with Crippen LogP contribution >= 0.6 is 0 Å². The van der Waals surface area contributed by atoms with Crippen molar-refractivity contribution in [3.63, 3.8) is 0 Å². The molecule has 6 heteroatoms. The van der Waals surface area contributed by atoms with E-state index in [4.69, 9.17) is 5.11 Å². The van der Waals surface area contributed by atoms with E-state index in [1.54, 1.807) is 18.4 Å². The summed E-state index contributed by atoms with van der Waals surface area (Å²) in [6.45, 7) is 3.47. The maximum atomic E-state index is 11.5. The molecule has 15 heavy (non-hydrogen) atoms. The van der Waals surface area contributed by atoms with Crippen LogP contribution < -0.4 is 0 Å². The summed E-state index contributed by atoms with van der Waals surface area (Å²) in [4.78, 5) is 3.87. The molecule has 0 spiro atoms. The second-order valence-corrected chi connectivity index (χ2v) is 6.85. The van der Waals surface area contributed by atoms with E-state index in [2.05, 4.69) is 4.98 Å². The Balaban J connectivity index is 2.96. The highest BCUT2D eigenvalue weighted by Gasteiger charge is 2.31. The quantitative estimate of drug-likeness (QED) is 0.805. The van der Waals surface area contributed by atoms with Crippen molar-refractivity contribution < 1.29 is 13.5 Å². The molecule has 5 nitrogen and oxygen atoms in total. The Morgan fingerprint density at radius 3 is 2.60 bits per heavy atom. The van der Waals surface area contributed by atoms with Crippen molar-refractivity contribution in [2.45, 2.75) is 31.7 Å². The molecule has 0 radical (unpaired) electrons. The molecule has 0 fully saturated rings. The Labute approximate surface area is 89.7 Å². The third-order valence-corrected chi connectivity index (χ3v) is 4.65. The summed E-state index contributed by atoms with van der Waals surface area (Å²) in [5, 5.41) is 9.00. The van der Waals surface area contributed by atoms with Crippen LogP contribution in [0.2, 0.25) is 0 Å². The van der Waals surface area contributed by atoms with Gasteiger partial charge in [0.25, 0.3) is 0 Å². The van der Waals surface area contributed by atoms with Gasteiger partial charge in [0.1, 0.15) is 0 Å². The standard InChI is InChI=1S/C9H16N2O3S/c1-9(2,15(3,13)14)6-11-7-10-4-8(11)5-12/h4,7,12H,5-6H2,1-3H3. The minimum Gasteiger partial charge on any atom is -0.390 e. The zero-order valence-corrected chi connectivity index (χ0v) is 9.95. The van der Waals surface area contributed by atoms with E-state index in [1.165, 1.54) is 18.8 Å². The van der Waals surface area contributed by atoms with Gasteiger partial charge < -0.3 is 9.67 Å². The van der Waals surface area contributed by atoms with Gasteiger partial charge in [-0.3, -0.25) is 0 Å². The number of aliphatic hydroxyl groups excluding tert-OH is 1. The molecular weight excluding hydrogens is 216 g/mol. The number of nitrogens with zero attached hydrogens (tertiary/aromatic N) is 2. The Morgan fingerprint density at radius 1 is 1.53 bits per heavy atom. The Bertz CT molecular complexity index is 434. The summed E-state index contributed by atoms with van der Waals surface area (Å²) in [6.07, 6.45) is 4.26. The first-order chi connectivity index (χ1) is 6.78. The second kappa shape index (κ2) is 3.94. The fraction of sp³-hybridized carbons (Fsp3) is 0.667. The third-order valence-electron chi connectivity index (χ3n) is 2.52. The largest absolute Gasteiger partial charge is 0.390 e. The molecule has 1 N–H and O–H groups in total. The maximum absolute atomic E-state index is 11.5. The fourth-order valence-corrected chi connectivity index (χ4v) is 1.52. The van der Waals surface area contributed by atoms with Gasteiger partial charge in [-0.1, -0.05) is 0 Å². The van der Waals surface area contributed by atoms with Crippen LogP contribution in [-0.4, -0.2) is 34.1 Å². The van der Waals surface area contributed by atoms with E-state index < -0.39 is 14.6 Å². The van der Waals surface area contributed by atoms with Crippen LogP contribution in [0.15, 0.2) is 12.5 Å². The summed E-state index contributed by atoms with van der Waals surface area (Å²) in [7, 11) is -3.13. The van der Waals surface area contributed by atoms with Crippen molar-refractivity contribution in [3.8, 4) is 0 Å². The molecule has 0 aliphatic carbocycles. The summed E-state index contributed by atoms with van der Waals surface area (Å²) in [6, 6.07) is 0. The molecule has 0 unspecified atom stereocenters. The average molecular weight is 232 g/mol. The molecule has 0 aliphatic rings. The highest BCUT2D eigenvalue weighted by atomic mass is 32.2. The normalized spacial score (nSPS) is 13.1. The average Bonchev–Trinajstić information content (AvgIpc) is 2.48. The number of aromatic nitrogens is 2. The second-order valence-electron chi connectivity index (χ2n) is 4.20. The van der Waals surface area contributed by atoms with Crippen molar-refractivity contribution in [2.24, 2.45) is 0 Å². The molecule has 1 aromatic heterocycles. The molecule has 1 aromatic rings. The van der Waals surface area contributed by atoms with Crippen LogP contribution in [0.5, 0.6) is 0 Å². The smallest absolute Gasteiger partial charge is 0.154 e. The topological polar surface area (TPSA) is 72.2 Å². The van der Waals surface area contributed by atoms with Gasteiger partial charge in [0.2, 0.25) is 0 Å². The zero-order chi connectivity index (χ0) is 11.7. The Hall–Kier alpha value is -0.880. The summed E-state index contributed by atoms with van der Waals surface area (Å²) in [5.41, 5.74) is 0.617. The van der Waals surface area contributed by atoms with Gasteiger partial charge >= 0.3 is 0 Å². The SMILES string of the molecule is CC(C)(Cn1cncc1CO)S(C)(=O)=O. The first-order valence-corrected chi connectivity index (χ1v) is 6.46. The van der Waals surface area contributed by atoms with Gasteiger partial charge in [0.05, 0.1) is 29.6 Å². The summed E-state index contributed by atoms with van der Waals surface area (Å²) in [5.74, 6) is 0. The molecule has 1 heterocycles. The van der Waals surface area contributed by atoms with Crippen LogP contribution in [0, 0.1) is 0 Å². The van der Waals surface area contributed by atoms with E-state index in [0.29, 0.717) is 12.2 Å². The number of aliphatic hydroxyl groups is 1. The molecule has 0 aromatic carbocycles. The van der Waals surface area contributed by atoms with Crippen LogP contribution in [0.4, 0.5) is 0 Å². The van der Waals surface area contributed by atoms with Gasteiger partial charge in [-0.05, 0) is 13.8 Å². The maximum Gasteiger partial charge on any atom is 0.154 e. The van der Waals surface area contributed by atoms with E-state index in [-0.39, 0.29) is 6.61 Å². The predicted octanol–water partition coefficient (Wildman–Crippen LogP) is 0.199. The molecule has 86 valence electrons. The van der Waals surface area contributed by atoms with Crippen molar-refractivity contribution in [3.05, 3.63) is 18.2 Å². The zero-order valence-electron chi connectivity index (χ0n) is 9.14. The predicted molar refractivity (Wildman–Crippen MR) is 57.1 cm³/mol. The van der Waals surface area contributed by atoms with E-state index in [1.807, 2.05) is 0 Å². The molecule has 0 amide bonds. The molecule has 0 saturated carbocycles. The number of imidazole rings is 1. The van der Waals surface area contributed by atoms with Crippen LogP contribution in [-0.2, 0) is 23.0 Å². The van der Waals surface area contributed by atoms with E-state index in [0.717, 1.165) is 0 Å². The van der Waals surface area contributed by atoms with Gasteiger partial charge in [0, 0.05) is 12.8 Å². The lowest BCUT2D eigenvalue weighted by Crippen LogP contribution is -2.36. The molecule has 0 bridgehead atoms. The lowest BCUT2D eigenvalue weighted by molar-refractivity contribution is 0.269. The van der Waals surface area contributed by atoms with Crippen LogP contribution in [0.25, 0.3) is 0 Å². The summed E-state index contributed by atoms with van der Waals surface area (Å²) < 4.78 is 23.8. The van der Waals surface area contributed by atoms with Crippen molar-refractivity contribution in [2.75, 3.05) is 6.26 Å². The van der Waals surface area contributed by atoms with Crippen LogP contribution in [0.1, 0.15) is 19.5 Å². The lowest BCUT2D eigenvalue weighted by atomic mass is 10.2. The Kier molecular flexibility index (Phi) is 3.20. The number of rotatable bonds is 4. The summed E-state index contributed by atoms with van der Waals surface area (Å²) >= 11 is 0. The first kappa shape index (κ1) is 12.2. The van der Waals surface area contributed by atoms with Gasteiger partial charge in [-0.25, -0.2) is 13.4 Å². The van der Waals surface area contributed by atoms with E-state index >= 15 is 0 Å². The molecule has 0 aliphatic heterocycles. The Morgan fingerprint density at radius 2 is 2.13 bits per heavy atom. The molecule has 1 rings (SSSR count). The first-order valence-electron chi connectivity index (χ1n) is 4.57.